The number of hydrogen-bond donors (Lipinski definition) is 3. The Hall–Kier alpha value is -3.85. The molecule has 0 saturated carbocycles. The Kier molecular flexibility index (Phi) is 8.16. The third-order valence-electron chi connectivity index (χ3n) is 6.92. The highest BCUT2D eigenvalue weighted by molar-refractivity contribution is 5.89. The maximum Gasteiger partial charge on any atom is 0.338 e. The summed E-state index contributed by atoms with van der Waals surface area (Å²) in [7, 11) is 0. The molecule has 7 heteroatoms. The van der Waals surface area contributed by atoms with Gasteiger partial charge in [-0.05, 0) is 28.8 Å². The van der Waals surface area contributed by atoms with Crippen molar-refractivity contribution in [3.8, 4) is 0 Å². The van der Waals surface area contributed by atoms with E-state index in [1.165, 1.54) is 0 Å². The summed E-state index contributed by atoms with van der Waals surface area (Å²) in [6.45, 7) is -0.187. The second-order valence-electron chi connectivity index (χ2n) is 9.37. The number of rotatable bonds is 8. The lowest BCUT2D eigenvalue weighted by Crippen LogP contribution is -2.60. The summed E-state index contributed by atoms with van der Waals surface area (Å²) in [6, 6.07) is 37.2. The fourth-order valence-electron chi connectivity index (χ4n) is 4.93. The van der Waals surface area contributed by atoms with Gasteiger partial charge in [-0.25, -0.2) is 4.79 Å². The number of carbonyl (C=O) groups excluding carboxylic acids is 1. The van der Waals surface area contributed by atoms with E-state index in [-0.39, 0.29) is 12.2 Å². The maximum absolute atomic E-state index is 12.5. The van der Waals surface area contributed by atoms with Crippen molar-refractivity contribution in [1.29, 1.82) is 0 Å². The van der Waals surface area contributed by atoms with Crippen LogP contribution in [0.1, 0.15) is 27.0 Å². The molecule has 0 spiro atoms. The summed E-state index contributed by atoms with van der Waals surface area (Å²) in [5.41, 5.74) is 1.71. The lowest BCUT2D eigenvalue weighted by Gasteiger charge is -2.42. The molecule has 1 aliphatic heterocycles. The van der Waals surface area contributed by atoms with Gasteiger partial charge in [0.1, 0.15) is 23.9 Å². The van der Waals surface area contributed by atoms with E-state index >= 15 is 0 Å². The van der Waals surface area contributed by atoms with Gasteiger partial charge in [0.15, 0.2) is 12.4 Å². The van der Waals surface area contributed by atoms with Crippen molar-refractivity contribution in [2.75, 3.05) is 6.61 Å². The first-order chi connectivity index (χ1) is 19.0. The van der Waals surface area contributed by atoms with E-state index in [1.54, 1.807) is 30.3 Å². The van der Waals surface area contributed by atoms with Crippen LogP contribution >= 0.6 is 0 Å². The molecule has 0 bridgehead atoms. The fraction of sp³-hybridized carbons (Fsp3) is 0.219. The van der Waals surface area contributed by atoms with Crippen LogP contribution in [0.25, 0.3) is 0 Å². The van der Waals surface area contributed by atoms with Crippen molar-refractivity contribution in [2.24, 2.45) is 0 Å². The number of hydrogen-bond acceptors (Lipinski definition) is 7. The van der Waals surface area contributed by atoms with Crippen LogP contribution in [0.2, 0.25) is 0 Å². The predicted octanol–water partition coefficient (Wildman–Crippen LogP) is 3.66. The Balaban J connectivity index is 1.42. The van der Waals surface area contributed by atoms with Gasteiger partial charge in [-0.15, -0.1) is 0 Å². The Labute approximate surface area is 226 Å². The zero-order valence-electron chi connectivity index (χ0n) is 21.1. The standard InChI is InChI=1S/C32H30O7/c33-27-26(38-31(36)29(28(27)34)39-30(35)22-13-5-1-6-14-22)21-37-32(23-15-7-2-8-16-23,24-17-9-3-10-18-24)25-19-11-4-12-20-25/h1-20,26-29,31,33-34,36H,21H2/t26-,27+,28+,29-,31+/m1/s1. The molecule has 5 rings (SSSR count). The lowest BCUT2D eigenvalue weighted by molar-refractivity contribution is -0.290. The Morgan fingerprint density at radius 3 is 1.56 bits per heavy atom. The third-order valence-corrected chi connectivity index (χ3v) is 6.92. The predicted molar refractivity (Wildman–Crippen MR) is 144 cm³/mol. The molecule has 39 heavy (non-hydrogen) atoms. The van der Waals surface area contributed by atoms with Crippen LogP contribution in [0.3, 0.4) is 0 Å². The van der Waals surface area contributed by atoms with Gasteiger partial charge in [-0.3, -0.25) is 0 Å². The summed E-state index contributed by atoms with van der Waals surface area (Å²) < 4.78 is 17.6. The van der Waals surface area contributed by atoms with Gasteiger partial charge in [0.2, 0.25) is 0 Å². The Morgan fingerprint density at radius 1 is 0.667 bits per heavy atom. The first-order valence-electron chi connectivity index (χ1n) is 12.8. The zero-order valence-corrected chi connectivity index (χ0v) is 21.1. The van der Waals surface area contributed by atoms with Crippen molar-refractivity contribution < 1.29 is 34.3 Å². The Bertz CT molecular complexity index is 1240. The molecule has 7 nitrogen and oxygen atoms in total. The Morgan fingerprint density at radius 2 is 1.10 bits per heavy atom. The number of benzene rings is 4. The van der Waals surface area contributed by atoms with Crippen molar-refractivity contribution in [1.82, 2.24) is 0 Å². The molecule has 200 valence electrons. The largest absolute Gasteiger partial charge is 0.450 e. The van der Waals surface area contributed by atoms with Crippen LogP contribution in [0.4, 0.5) is 0 Å². The normalized spacial score (nSPS) is 23.2. The van der Waals surface area contributed by atoms with Crippen LogP contribution in [0, 0.1) is 0 Å². The van der Waals surface area contributed by atoms with E-state index in [4.69, 9.17) is 14.2 Å². The average molecular weight is 527 g/mol. The van der Waals surface area contributed by atoms with Crippen LogP contribution in [-0.2, 0) is 19.8 Å². The second kappa shape index (κ2) is 11.9. The molecule has 1 fully saturated rings. The number of carbonyl (C=O) groups is 1. The minimum absolute atomic E-state index is 0.187. The topological polar surface area (TPSA) is 105 Å². The van der Waals surface area contributed by atoms with E-state index in [1.807, 2.05) is 91.0 Å². The number of ether oxygens (including phenoxy) is 3. The average Bonchev–Trinajstić information content (AvgIpc) is 3.00. The van der Waals surface area contributed by atoms with Crippen LogP contribution in [0.15, 0.2) is 121 Å². The van der Waals surface area contributed by atoms with Crippen molar-refractivity contribution in [2.45, 2.75) is 36.3 Å². The van der Waals surface area contributed by atoms with Gasteiger partial charge in [0, 0.05) is 0 Å². The van der Waals surface area contributed by atoms with Crippen molar-refractivity contribution >= 4 is 5.97 Å². The first kappa shape index (κ1) is 26.7. The summed E-state index contributed by atoms with van der Waals surface area (Å²) in [6.07, 6.45) is -7.37. The van der Waals surface area contributed by atoms with E-state index in [9.17, 15) is 20.1 Å². The van der Waals surface area contributed by atoms with E-state index in [0.717, 1.165) is 16.7 Å². The van der Waals surface area contributed by atoms with Crippen LogP contribution in [-0.4, -0.2) is 58.6 Å². The molecule has 1 aliphatic rings. The fourth-order valence-corrected chi connectivity index (χ4v) is 4.93. The SMILES string of the molecule is O=C(O[C@@H]1[C@@H](O)[C@@H](O)[C@@H](COC(c2ccccc2)(c2ccccc2)c2ccccc2)O[C@@H]1O)c1ccccc1. The van der Waals surface area contributed by atoms with Gasteiger partial charge < -0.3 is 29.5 Å². The number of esters is 1. The summed E-state index contributed by atoms with van der Waals surface area (Å²) >= 11 is 0. The molecule has 1 saturated heterocycles. The van der Waals surface area contributed by atoms with Gasteiger partial charge >= 0.3 is 5.97 Å². The molecule has 4 aromatic rings. The minimum Gasteiger partial charge on any atom is -0.450 e. The molecule has 0 unspecified atom stereocenters. The molecule has 4 aromatic carbocycles. The monoisotopic (exact) mass is 526 g/mol. The zero-order chi connectivity index (χ0) is 27.2. The van der Waals surface area contributed by atoms with Crippen LogP contribution in [0.5, 0.6) is 0 Å². The highest BCUT2D eigenvalue weighted by atomic mass is 16.7. The molecule has 0 aliphatic carbocycles. The van der Waals surface area contributed by atoms with Gasteiger partial charge in [0.25, 0.3) is 0 Å². The summed E-state index contributed by atoms with van der Waals surface area (Å²) in [4.78, 5) is 12.5. The second-order valence-corrected chi connectivity index (χ2v) is 9.37. The molecular weight excluding hydrogens is 496 g/mol. The lowest BCUT2D eigenvalue weighted by atomic mass is 9.80. The number of aliphatic hydroxyl groups is 3. The minimum atomic E-state index is -1.68. The smallest absolute Gasteiger partial charge is 0.338 e. The highest BCUT2D eigenvalue weighted by Gasteiger charge is 2.48. The number of aliphatic hydroxyl groups excluding tert-OH is 3. The van der Waals surface area contributed by atoms with Crippen molar-refractivity contribution in [3.63, 3.8) is 0 Å². The molecule has 3 N–H and O–H groups in total. The molecule has 5 atom stereocenters. The van der Waals surface area contributed by atoms with E-state index in [2.05, 4.69) is 0 Å². The quantitative estimate of drug-likeness (QED) is 0.238. The molecule has 0 aromatic heterocycles. The molecule has 1 heterocycles. The van der Waals surface area contributed by atoms with Crippen molar-refractivity contribution in [3.05, 3.63) is 144 Å². The van der Waals surface area contributed by atoms with Gasteiger partial charge in [-0.1, -0.05) is 109 Å². The maximum atomic E-state index is 12.5. The van der Waals surface area contributed by atoms with Gasteiger partial charge in [-0.2, -0.15) is 0 Å². The van der Waals surface area contributed by atoms with E-state index < -0.39 is 42.3 Å². The molecule has 0 amide bonds. The summed E-state index contributed by atoms with van der Waals surface area (Å²) in [5, 5.41) is 32.5. The third kappa shape index (κ3) is 5.49. The molecular formula is C32H30O7. The molecule has 0 radical (unpaired) electrons. The van der Waals surface area contributed by atoms with Gasteiger partial charge in [0.05, 0.1) is 12.2 Å². The summed E-state index contributed by atoms with van der Waals surface area (Å²) in [5.74, 6) is -0.750. The first-order valence-corrected chi connectivity index (χ1v) is 12.8. The highest BCUT2D eigenvalue weighted by Crippen LogP contribution is 2.41. The van der Waals surface area contributed by atoms with E-state index in [0.29, 0.717) is 0 Å². The van der Waals surface area contributed by atoms with Crippen LogP contribution < -0.4 is 0 Å².